The van der Waals surface area contributed by atoms with E-state index < -0.39 is 7.25 Å². The Morgan fingerprint density at radius 3 is 1.92 bits per heavy atom. The molecule has 1 rings (SSSR count). The predicted molar refractivity (Wildman–Crippen MR) is 95.0 cm³/mol. The van der Waals surface area contributed by atoms with Crippen molar-refractivity contribution in [2.45, 2.75) is 78.7 Å². The van der Waals surface area contributed by atoms with Gasteiger partial charge in [-0.1, -0.05) is 52.4 Å². The number of hydrogen-bond donors (Lipinski definition) is 0. The molecule has 26 heavy (non-hydrogen) atoms. The number of halogens is 4. The average molecular weight is 384 g/mol. The number of unbranched alkanes of at least 4 members (excludes halogenated alkanes) is 6. The molecule has 0 saturated heterocycles. The highest BCUT2D eigenvalue weighted by Crippen LogP contribution is 2.06. The number of imidazole rings is 1. The van der Waals surface area contributed by atoms with E-state index in [1.54, 1.807) is 0 Å². The lowest BCUT2D eigenvalue weighted by molar-refractivity contribution is -0.732. The molecule has 0 aromatic carbocycles. The maximum Gasteiger partial charge on any atom is 0.673 e. The van der Waals surface area contributed by atoms with Crippen LogP contribution in [-0.4, -0.2) is 25.0 Å². The summed E-state index contributed by atoms with van der Waals surface area (Å²) in [6.07, 6.45) is 16.1. The van der Waals surface area contributed by atoms with Crippen LogP contribution in [0.15, 0.2) is 18.7 Å². The smallest absolute Gasteiger partial charge is 0.418 e. The Bertz CT molecular complexity index is 395. The van der Waals surface area contributed by atoms with Crippen molar-refractivity contribution in [2.24, 2.45) is 0 Å². The minimum Gasteiger partial charge on any atom is -0.418 e. The molecule has 0 aliphatic carbocycles. The predicted octanol–water partition coefficient (Wildman–Crippen LogP) is 5.18. The highest BCUT2D eigenvalue weighted by Gasteiger charge is 2.20. The van der Waals surface area contributed by atoms with Crippen molar-refractivity contribution < 1.29 is 31.3 Å². The summed E-state index contributed by atoms with van der Waals surface area (Å²) in [4.78, 5) is 0. The summed E-state index contributed by atoms with van der Waals surface area (Å²) in [5.74, 6) is 0. The van der Waals surface area contributed by atoms with E-state index in [-0.39, 0.29) is 0 Å². The van der Waals surface area contributed by atoms with E-state index in [4.69, 9.17) is 9.47 Å². The van der Waals surface area contributed by atoms with Crippen molar-refractivity contribution in [3.8, 4) is 0 Å². The van der Waals surface area contributed by atoms with Crippen molar-refractivity contribution in [1.82, 2.24) is 4.57 Å². The maximum absolute atomic E-state index is 9.75. The van der Waals surface area contributed by atoms with E-state index >= 15 is 0 Å². The van der Waals surface area contributed by atoms with Crippen LogP contribution < -0.4 is 4.57 Å². The summed E-state index contributed by atoms with van der Waals surface area (Å²) in [5, 5.41) is 0. The van der Waals surface area contributed by atoms with Crippen LogP contribution in [0.5, 0.6) is 0 Å². The minimum absolute atomic E-state index is 0.635. The normalized spacial score (nSPS) is 11.3. The average Bonchev–Trinajstić information content (AvgIpc) is 3.00. The zero-order chi connectivity index (χ0) is 19.7. The summed E-state index contributed by atoms with van der Waals surface area (Å²) in [6.45, 7) is 7.43. The van der Waals surface area contributed by atoms with Crippen LogP contribution in [0.1, 0.15) is 65.2 Å². The third kappa shape index (κ3) is 19.2. The van der Waals surface area contributed by atoms with Gasteiger partial charge in [-0.3, -0.25) is 0 Å². The SMILES string of the molecule is CCCCCCOCn1cc[n+](COCCCCCC)c1.F[B-](F)(F)F. The van der Waals surface area contributed by atoms with Crippen LogP contribution in [0, 0.1) is 0 Å². The third-order valence-corrected chi connectivity index (χ3v) is 3.51. The van der Waals surface area contributed by atoms with Crippen molar-refractivity contribution in [1.29, 1.82) is 0 Å². The monoisotopic (exact) mass is 384 g/mol. The van der Waals surface area contributed by atoms with Crippen LogP contribution in [0.4, 0.5) is 17.3 Å². The molecule has 0 N–H and O–H groups in total. The van der Waals surface area contributed by atoms with E-state index in [0.717, 1.165) is 26.1 Å². The molecule has 0 radical (unpaired) electrons. The lowest BCUT2D eigenvalue weighted by atomic mass is 10.2. The number of hydrogen-bond acceptors (Lipinski definition) is 2. The topological polar surface area (TPSA) is 27.3 Å². The summed E-state index contributed by atoms with van der Waals surface area (Å²) in [5.41, 5.74) is 0. The van der Waals surface area contributed by atoms with E-state index in [9.17, 15) is 17.3 Å². The van der Waals surface area contributed by atoms with Gasteiger partial charge in [0.1, 0.15) is 12.4 Å². The van der Waals surface area contributed by atoms with Gasteiger partial charge in [-0.15, -0.1) is 0 Å². The van der Waals surface area contributed by atoms with Gasteiger partial charge in [-0.25, -0.2) is 9.13 Å². The van der Waals surface area contributed by atoms with Gasteiger partial charge in [0.05, 0.1) is 13.2 Å². The van der Waals surface area contributed by atoms with Gasteiger partial charge in [0.25, 0.3) is 0 Å². The largest absolute Gasteiger partial charge is 0.673 e. The maximum atomic E-state index is 9.75. The molecule has 0 unspecified atom stereocenters. The highest BCUT2D eigenvalue weighted by molar-refractivity contribution is 6.50. The van der Waals surface area contributed by atoms with Crippen LogP contribution in [0.25, 0.3) is 0 Å². The molecule has 0 aliphatic heterocycles. The zero-order valence-corrected chi connectivity index (χ0v) is 16.0. The summed E-state index contributed by atoms with van der Waals surface area (Å²) in [7, 11) is -6.00. The van der Waals surface area contributed by atoms with Crippen LogP contribution in [-0.2, 0) is 22.9 Å². The van der Waals surface area contributed by atoms with Gasteiger partial charge < -0.3 is 26.7 Å². The molecule has 4 nitrogen and oxygen atoms in total. The molecule has 0 aliphatic rings. The van der Waals surface area contributed by atoms with E-state index in [0.29, 0.717) is 13.5 Å². The molecule has 0 saturated carbocycles. The number of nitrogens with zero attached hydrogens (tertiary/aromatic N) is 2. The highest BCUT2D eigenvalue weighted by atomic mass is 19.5. The Morgan fingerprint density at radius 2 is 1.38 bits per heavy atom. The second kappa shape index (κ2) is 16.1. The molecule has 0 bridgehead atoms. The number of rotatable bonds is 14. The van der Waals surface area contributed by atoms with Crippen molar-refractivity contribution in [3.63, 3.8) is 0 Å². The van der Waals surface area contributed by atoms with Gasteiger partial charge in [-0.2, -0.15) is 0 Å². The molecule has 0 amide bonds. The first-order valence-corrected chi connectivity index (χ1v) is 9.44. The standard InChI is InChI=1S/C17H33N2O2.BF4/c1-3-5-7-9-13-20-16-18-11-12-19(15-18)17-21-14-10-8-6-4-2;2-1(3,4)5/h11-12,15H,3-10,13-14,16-17H2,1-2H3;/q+1;-1. The Balaban J connectivity index is 0.00000110. The number of ether oxygens (including phenoxy) is 2. The van der Waals surface area contributed by atoms with Gasteiger partial charge in [0.15, 0.2) is 13.5 Å². The molecular formula is C17H33BF4N2O2. The summed E-state index contributed by atoms with van der Waals surface area (Å²) in [6, 6.07) is 0. The van der Waals surface area contributed by atoms with Crippen LogP contribution in [0.2, 0.25) is 0 Å². The molecular weight excluding hydrogens is 351 g/mol. The third-order valence-electron chi connectivity index (χ3n) is 3.51. The summed E-state index contributed by atoms with van der Waals surface area (Å²) < 4.78 is 54.4. The number of aromatic nitrogens is 2. The Kier molecular flexibility index (Phi) is 15.4. The first-order valence-electron chi connectivity index (χ1n) is 9.44. The molecule has 0 fully saturated rings. The van der Waals surface area contributed by atoms with Gasteiger partial charge >= 0.3 is 7.25 Å². The fourth-order valence-electron chi connectivity index (χ4n) is 2.19. The van der Waals surface area contributed by atoms with E-state index in [1.165, 1.54) is 38.5 Å². The Labute approximate surface area is 154 Å². The quantitative estimate of drug-likeness (QED) is 0.191. The first kappa shape index (κ1) is 24.9. The van der Waals surface area contributed by atoms with Crippen molar-refractivity contribution >= 4 is 7.25 Å². The minimum atomic E-state index is -6.00. The molecule has 154 valence electrons. The van der Waals surface area contributed by atoms with Crippen LogP contribution in [0.3, 0.4) is 0 Å². The zero-order valence-electron chi connectivity index (χ0n) is 16.0. The van der Waals surface area contributed by atoms with E-state index in [2.05, 4.69) is 23.0 Å². The van der Waals surface area contributed by atoms with Crippen LogP contribution >= 0.6 is 0 Å². The van der Waals surface area contributed by atoms with Gasteiger partial charge in [-0.05, 0) is 12.8 Å². The van der Waals surface area contributed by atoms with Crippen molar-refractivity contribution in [3.05, 3.63) is 18.7 Å². The second-order valence-corrected chi connectivity index (χ2v) is 6.13. The molecule has 0 atom stereocenters. The molecule has 1 heterocycles. The molecule has 9 heteroatoms. The molecule has 0 spiro atoms. The molecule has 1 aromatic rings. The van der Waals surface area contributed by atoms with E-state index in [1.807, 2.05) is 18.7 Å². The lowest BCUT2D eigenvalue weighted by Gasteiger charge is -2.02. The Morgan fingerprint density at radius 1 is 0.846 bits per heavy atom. The second-order valence-electron chi connectivity index (χ2n) is 6.13. The van der Waals surface area contributed by atoms with Gasteiger partial charge in [0.2, 0.25) is 6.33 Å². The first-order chi connectivity index (χ1) is 12.4. The fraction of sp³-hybridized carbons (Fsp3) is 0.824. The fourth-order valence-corrected chi connectivity index (χ4v) is 2.19. The lowest BCUT2D eigenvalue weighted by Crippen LogP contribution is -2.32. The molecule has 1 aromatic heterocycles. The van der Waals surface area contributed by atoms with Gasteiger partial charge in [0, 0.05) is 0 Å². The summed E-state index contributed by atoms with van der Waals surface area (Å²) >= 11 is 0. The van der Waals surface area contributed by atoms with Crippen molar-refractivity contribution in [2.75, 3.05) is 13.2 Å². The Hall–Kier alpha value is -1.09.